The van der Waals surface area contributed by atoms with E-state index in [-0.39, 0.29) is 25.5 Å². The summed E-state index contributed by atoms with van der Waals surface area (Å²) in [6, 6.07) is 6.28. The molecule has 3 amide bonds. The molecule has 8 nitrogen and oxygen atoms in total. The SMILES string of the molecule is CS(=O)(=O)N1C[C@H](CN2C(=O)CNC2=O)Oc2ccccc21. The minimum Gasteiger partial charge on any atom is -0.484 e. The molecule has 0 aromatic heterocycles. The van der Waals surface area contributed by atoms with E-state index in [1.807, 2.05) is 0 Å². The van der Waals surface area contributed by atoms with E-state index < -0.39 is 22.2 Å². The number of carbonyl (C=O) groups excluding carboxylic acids is 2. The maximum Gasteiger partial charge on any atom is 0.324 e. The summed E-state index contributed by atoms with van der Waals surface area (Å²) in [5.74, 6) is 0.0644. The number of anilines is 1. The van der Waals surface area contributed by atoms with Gasteiger partial charge in [-0.15, -0.1) is 0 Å². The second-order valence-electron chi connectivity index (χ2n) is 5.16. The fourth-order valence-electron chi connectivity index (χ4n) is 2.52. The molecule has 2 heterocycles. The molecular formula is C13H15N3O5S. The largest absolute Gasteiger partial charge is 0.484 e. The molecule has 1 fully saturated rings. The van der Waals surface area contributed by atoms with Crippen LogP contribution < -0.4 is 14.4 Å². The van der Waals surface area contributed by atoms with Crippen LogP contribution in [0.2, 0.25) is 0 Å². The van der Waals surface area contributed by atoms with Crippen molar-refractivity contribution in [3.63, 3.8) is 0 Å². The molecule has 0 aliphatic carbocycles. The Hall–Kier alpha value is -2.29. The van der Waals surface area contributed by atoms with E-state index in [0.29, 0.717) is 11.4 Å². The Bertz CT molecular complexity index is 717. The number of urea groups is 1. The number of nitrogens with zero attached hydrogens (tertiary/aromatic N) is 2. The molecule has 0 unspecified atom stereocenters. The molecule has 1 saturated heterocycles. The lowest BCUT2D eigenvalue weighted by atomic mass is 10.2. The van der Waals surface area contributed by atoms with Crippen LogP contribution >= 0.6 is 0 Å². The smallest absolute Gasteiger partial charge is 0.324 e. The zero-order chi connectivity index (χ0) is 15.9. The highest BCUT2D eigenvalue weighted by atomic mass is 32.2. The minimum atomic E-state index is -3.48. The third-order valence-corrected chi connectivity index (χ3v) is 4.67. The van der Waals surface area contributed by atoms with Gasteiger partial charge in [-0.2, -0.15) is 0 Å². The first-order valence-corrected chi connectivity index (χ1v) is 8.52. The Labute approximate surface area is 127 Å². The van der Waals surface area contributed by atoms with Crippen LogP contribution in [0.5, 0.6) is 5.75 Å². The normalized spacial score (nSPS) is 21.4. The highest BCUT2D eigenvalue weighted by Gasteiger charge is 2.36. The number of nitrogens with one attached hydrogen (secondary N) is 1. The van der Waals surface area contributed by atoms with Crippen molar-refractivity contribution in [2.24, 2.45) is 0 Å². The molecule has 1 atom stereocenters. The predicted octanol–water partition coefficient (Wildman–Crippen LogP) is -0.235. The molecule has 0 saturated carbocycles. The van der Waals surface area contributed by atoms with Crippen LogP contribution in [-0.4, -0.2) is 57.3 Å². The van der Waals surface area contributed by atoms with Crippen LogP contribution in [0.25, 0.3) is 0 Å². The third kappa shape index (κ3) is 2.59. The van der Waals surface area contributed by atoms with Crippen molar-refractivity contribution in [3.05, 3.63) is 24.3 Å². The minimum absolute atomic E-state index is 0.00498. The number of fused-ring (bicyclic) bond motifs is 1. The van der Waals surface area contributed by atoms with Crippen LogP contribution in [0, 0.1) is 0 Å². The number of sulfonamides is 1. The zero-order valence-corrected chi connectivity index (χ0v) is 12.7. The molecule has 9 heteroatoms. The van der Waals surface area contributed by atoms with Gasteiger partial charge in [0.25, 0.3) is 0 Å². The van der Waals surface area contributed by atoms with Gasteiger partial charge in [0.1, 0.15) is 11.9 Å². The Morgan fingerprint density at radius 2 is 2.05 bits per heavy atom. The molecule has 1 aromatic rings. The lowest BCUT2D eigenvalue weighted by molar-refractivity contribution is -0.125. The highest BCUT2D eigenvalue weighted by molar-refractivity contribution is 7.92. The zero-order valence-electron chi connectivity index (χ0n) is 11.9. The van der Waals surface area contributed by atoms with Gasteiger partial charge >= 0.3 is 6.03 Å². The molecule has 2 aliphatic heterocycles. The van der Waals surface area contributed by atoms with Gasteiger partial charge in [0, 0.05) is 0 Å². The molecule has 0 spiro atoms. The van der Waals surface area contributed by atoms with Crippen LogP contribution in [0.1, 0.15) is 0 Å². The molecule has 0 bridgehead atoms. The molecule has 3 rings (SSSR count). The van der Waals surface area contributed by atoms with E-state index in [4.69, 9.17) is 4.74 Å². The molecule has 2 aliphatic rings. The van der Waals surface area contributed by atoms with Crippen LogP contribution in [0.4, 0.5) is 10.5 Å². The lowest BCUT2D eigenvalue weighted by Crippen LogP contribution is -2.49. The number of rotatable bonds is 3. The van der Waals surface area contributed by atoms with Gasteiger partial charge in [-0.1, -0.05) is 12.1 Å². The third-order valence-electron chi connectivity index (χ3n) is 3.52. The summed E-state index contributed by atoms with van der Waals surface area (Å²) < 4.78 is 30.9. The molecule has 1 N–H and O–H groups in total. The Kier molecular flexibility index (Phi) is 3.44. The first-order chi connectivity index (χ1) is 10.4. The van der Waals surface area contributed by atoms with Crippen LogP contribution in [0.3, 0.4) is 0 Å². The predicted molar refractivity (Wildman–Crippen MR) is 78.2 cm³/mol. The van der Waals surface area contributed by atoms with Crippen molar-refractivity contribution in [1.29, 1.82) is 0 Å². The quantitative estimate of drug-likeness (QED) is 0.774. The van der Waals surface area contributed by atoms with Crippen molar-refractivity contribution in [2.45, 2.75) is 6.10 Å². The standard InChI is InChI=1S/C13H15N3O5S/c1-22(19,20)16-8-9(7-15-12(17)6-14-13(15)18)21-11-5-3-2-4-10(11)16/h2-5,9H,6-8H2,1H3,(H,14,18)/t9-/m0/s1. The first kappa shape index (κ1) is 14.6. The van der Waals surface area contributed by atoms with Crippen LogP contribution in [-0.2, 0) is 14.8 Å². The van der Waals surface area contributed by atoms with E-state index in [2.05, 4.69) is 5.32 Å². The number of para-hydroxylation sites is 2. The summed E-state index contributed by atoms with van der Waals surface area (Å²) in [6.07, 6.45) is 0.497. The summed E-state index contributed by atoms with van der Waals surface area (Å²) in [5.41, 5.74) is 0.457. The monoisotopic (exact) mass is 325 g/mol. The van der Waals surface area contributed by atoms with Crippen molar-refractivity contribution >= 4 is 27.6 Å². The molecule has 22 heavy (non-hydrogen) atoms. The average molecular weight is 325 g/mol. The van der Waals surface area contributed by atoms with Crippen molar-refractivity contribution in [2.75, 3.05) is 30.2 Å². The summed E-state index contributed by atoms with van der Waals surface area (Å²) in [5, 5.41) is 2.42. The Morgan fingerprint density at radius 1 is 1.32 bits per heavy atom. The number of imide groups is 1. The Morgan fingerprint density at radius 3 is 2.68 bits per heavy atom. The maximum absolute atomic E-state index is 12.0. The first-order valence-electron chi connectivity index (χ1n) is 6.68. The van der Waals surface area contributed by atoms with E-state index in [9.17, 15) is 18.0 Å². The highest BCUT2D eigenvalue weighted by Crippen LogP contribution is 2.34. The fourth-order valence-corrected chi connectivity index (χ4v) is 3.46. The summed E-state index contributed by atoms with van der Waals surface area (Å²) in [6.45, 7) is 0.00978. The van der Waals surface area contributed by atoms with E-state index in [0.717, 1.165) is 11.2 Å². The van der Waals surface area contributed by atoms with Crippen molar-refractivity contribution in [1.82, 2.24) is 10.2 Å². The second kappa shape index (κ2) is 5.16. The van der Waals surface area contributed by atoms with Gasteiger partial charge in [-0.05, 0) is 12.1 Å². The van der Waals surface area contributed by atoms with Crippen molar-refractivity contribution < 1.29 is 22.7 Å². The van der Waals surface area contributed by atoms with E-state index in [1.54, 1.807) is 24.3 Å². The number of benzene rings is 1. The van der Waals surface area contributed by atoms with Crippen molar-refractivity contribution in [3.8, 4) is 5.75 Å². The second-order valence-corrected chi connectivity index (χ2v) is 7.07. The van der Waals surface area contributed by atoms with E-state index in [1.165, 1.54) is 4.31 Å². The maximum atomic E-state index is 12.0. The number of amides is 3. The summed E-state index contributed by atoms with van der Waals surface area (Å²) >= 11 is 0. The van der Waals surface area contributed by atoms with Gasteiger partial charge in [0.15, 0.2) is 0 Å². The molecule has 118 valence electrons. The lowest BCUT2D eigenvalue weighted by Gasteiger charge is -2.35. The van der Waals surface area contributed by atoms with E-state index >= 15 is 0 Å². The average Bonchev–Trinajstić information content (AvgIpc) is 2.77. The number of carbonyl (C=O) groups is 2. The summed E-state index contributed by atoms with van der Waals surface area (Å²) in [4.78, 5) is 24.3. The van der Waals surface area contributed by atoms with Gasteiger partial charge in [0.05, 0.1) is 31.6 Å². The Balaban J connectivity index is 1.87. The van der Waals surface area contributed by atoms with Gasteiger partial charge in [-0.25, -0.2) is 13.2 Å². The van der Waals surface area contributed by atoms with Gasteiger partial charge in [-0.3, -0.25) is 14.0 Å². The fraction of sp³-hybridized carbons (Fsp3) is 0.385. The number of hydrogen-bond donors (Lipinski definition) is 1. The number of ether oxygens (including phenoxy) is 1. The molecule has 1 aromatic carbocycles. The van der Waals surface area contributed by atoms with Gasteiger partial charge in [0.2, 0.25) is 15.9 Å². The topological polar surface area (TPSA) is 96.0 Å². The molecule has 0 radical (unpaired) electrons. The number of hydrogen-bond acceptors (Lipinski definition) is 5. The summed E-state index contributed by atoms with van der Waals surface area (Å²) in [7, 11) is -3.48. The molecular weight excluding hydrogens is 310 g/mol. The van der Waals surface area contributed by atoms with Gasteiger partial charge < -0.3 is 10.1 Å². The van der Waals surface area contributed by atoms with Crippen LogP contribution in [0.15, 0.2) is 24.3 Å².